The maximum atomic E-state index is 12.5. The highest BCUT2D eigenvalue weighted by Gasteiger charge is 2.30. The van der Waals surface area contributed by atoms with E-state index in [1.807, 2.05) is 51.3 Å². The van der Waals surface area contributed by atoms with Crippen molar-refractivity contribution in [3.8, 4) is 0 Å². The van der Waals surface area contributed by atoms with Crippen molar-refractivity contribution in [2.24, 2.45) is 5.92 Å². The number of allylic oxidation sites excluding steroid dienone is 1. The zero-order valence-electron chi connectivity index (χ0n) is 13.8. The molecule has 0 aliphatic carbocycles. The van der Waals surface area contributed by atoms with Gasteiger partial charge in [-0.1, -0.05) is 26.0 Å². The van der Waals surface area contributed by atoms with Gasteiger partial charge in [-0.15, -0.1) is 11.8 Å². The third-order valence-corrected chi connectivity index (χ3v) is 4.45. The van der Waals surface area contributed by atoms with Crippen LogP contribution in [0.5, 0.6) is 0 Å². The Morgan fingerprint density at radius 1 is 1.35 bits per heavy atom. The van der Waals surface area contributed by atoms with Crippen LogP contribution >= 0.6 is 24.0 Å². The molecule has 1 aliphatic rings. The summed E-state index contributed by atoms with van der Waals surface area (Å²) in [6.07, 6.45) is 2.03. The molecule has 1 aromatic rings. The Morgan fingerprint density at radius 3 is 2.57 bits per heavy atom. The Kier molecular flexibility index (Phi) is 6.07. The number of hydrogen-bond acceptors (Lipinski definition) is 4. The minimum absolute atomic E-state index is 0.292. The normalized spacial score (nSPS) is 17.8. The molecule has 0 radical (unpaired) electrons. The van der Waals surface area contributed by atoms with E-state index >= 15 is 0 Å². The standard InChI is InChI=1S/C17H22N2O2S2/c1-10(2)9-21-16(20)14-11(3)18-17(22)19-15(14)12-5-7-13(23-4)8-6-12/h5-8,10,15H,9H2,1-4H3,(H2,18,19,22). The first-order chi connectivity index (χ1) is 10.9. The van der Waals surface area contributed by atoms with Crippen molar-refractivity contribution in [3.63, 3.8) is 0 Å². The summed E-state index contributed by atoms with van der Waals surface area (Å²) in [7, 11) is 0. The van der Waals surface area contributed by atoms with Gasteiger partial charge in [0.25, 0.3) is 0 Å². The average molecular weight is 351 g/mol. The van der Waals surface area contributed by atoms with Gasteiger partial charge in [-0.3, -0.25) is 0 Å². The average Bonchev–Trinajstić information content (AvgIpc) is 2.52. The SMILES string of the molecule is CSc1ccc(C2NC(=S)NC(C)=C2C(=O)OCC(C)C)cc1. The lowest BCUT2D eigenvalue weighted by molar-refractivity contribution is -0.140. The van der Waals surface area contributed by atoms with Crippen molar-refractivity contribution in [1.29, 1.82) is 0 Å². The molecule has 0 aromatic heterocycles. The number of thioether (sulfide) groups is 1. The zero-order valence-corrected chi connectivity index (χ0v) is 15.4. The van der Waals surface area contributed by atoms with Crippen molar-refractivity contribution >= 4 is 35.1 Å². The Bertz CT molecular complexity index is 624. The van der Waals surface area contributed by atoms with Crippen LogP contribution < -0.4 is 10.6 Å². The van der Waals surface area contributed by atoms with Crippen LogP contribution in [-0.2, 0) is 9.53 Å². The van der Waals surface area contributed by atoms with E-state index in [1.165, 1.54) is 4.90 Å². The molecular formula is C17H22N2O2S2. The van der Waals surface area contributed by atoms with Crippen LogP contribution in [0.2, 0.25) is 0 Å². The quantitative estimate of drug-likeness (QED) is 0.482. The van der Waals surface area contributed by atoms with Gasteiger partial charge in [0, 0.05) is 10.6 Å². The number of carbonyl (C=O) groups is 1. The van der Waals surface area contributed by atoms with Crippen LogP contribution in [0.3, 0.4) is 0 Å². The van der Waals surface area contributed by atoms with Gasteiger partial charge in [0.05, 0.1) is 18.2 Å². The predicted octanol–water partition coefficient (Wildman–Crippen LogP) is 3.40. The molecule has 2 N–H and O–H groups in total. The molecule has 0 bridgehead atoms. The van der Waals surface area contributed by atoms with Crippen LogP contribution in [0, 0.1) is 5.92 Å². The lowest BCUT2D eigenvalue weighted by atomic mass is 9.96. The van der Waals surface area contributed by atoms with Crippen LogP contribution in [0.15, 0.2) is 40.4 Å². The summed E-state index contributed by atoms with van der Waals surface area (Å²) in [6.45, 7) is 6.28. The fourth-order valence-electron chi connectivity index (χ4n) is 2.33. The first-order valence-corrected chi connectivity index (χ1v) is 9.15. The number of esters is 1. The molecule has 23 heavy (non-hydrogen) atoms. The second kappa shape index (κ2) is 7.84. The molecule has 6 heteroatoms. The van der Waals surface area contributed by atoms with Gasteiger partial charge in [-0.2, -0.15) is 0 Å². The minimum atomic E-state index is -0.308. The molecule has 1 aliphatic heterocycles. The highest BCUT2D eigenvalue weighted by Crippen LogP contribution is 2.29. The summed E-state index contributed by atoms with van der Waals surface area (Å²) in [4.78, 5) is 13.7. The molecule has 0 fully saturated rings. The number of nitrogens with one attached hydrogen (secondary N) is 2. The van der Waals surface area contributed by atoms with Gasteiger partial charge < -0.3 is 15.4 Å². The molecule has 1 unspecified atom stereocenters. The van der Waals surface area contributed by atoms with Crippen LogP contribution in [0.25, 0.3) is 0 Å². The van der Waals surface area contributed by atoms with Crippen molar-refractivity contribution in [2.75, 3.05) is 12.9 Å². The van der Waals surface area contributed by atoms with E-state index in [1.54, 1.807) is 11.8 Å². The Balaban J connectivity index is 2.31. The van der Waals surface area contributed by atoms with Gasteiger partial charge in [-0.25, -0.2) is 4.79 Å². The highest BCUT2D eigenvalue weighted by molar-refractivity contribution is 7.98. The first-order valence-electron chi connectivity index (χ1n) is 7.51. The summed E-state index contributed by atoms with van der Waals surface area (Å²) in [5.74, 6) is -0.0117. The smallest absolute Gasteiger partial charge is 0.338 e. The van der Waals surface area contributed by atoms with Crippen molar-refractivity contribution < 1.29 is 9.53 Å². The van der Waals surface area contributed by atoms with Gasteiger partial charge in [-0.05, 0) is 49.0 Å². The summed E-state index contributed by atoms with van der Waals surface area (Å²) < 4.78 is 5.42. The summed E-state index contributed by atoms with van der Waals surface area (Å²) in [5, 5.41) is 6.70. The van der Waals surface area contributed by atoms with Crippen molar-refractivity contribution in [2.45, 2.75) is 31.7 Å². The molecular weight excluding hydrogens is 328 g/mol. The molecule has 124 valence electrons. The highest BCUT2D eigenvalue weighted by atomic mass is 32.2. The topological polar surface area (TPSA) is 50.4 Å². The van der Waals surface area contributed by atoms with Crippen molar-refractivity contribution in [1.82, 2.24) is 10.6 Å². The third kappa shape index (κ3) is 4.48. The first kappa shape index (κ1) is 17.8. The van der Waals surface area contributed by atoms with Gasteiger partial charge in [0.1, 0.15) is 0 Å². The summed E-state index contributed by atoms with van der Waals surface area (Å²) in [5.41, 5.74) is 2.31. The summed E-state index contributed by atoms with van der Waals surface area (Å²) >= 11 is 6.92. The number of carbonyl (C=O) groups excluding carboxylic acids is 1. The largest absolute Gasteiger partial charge is 0.462 e. The van der Waals surface area contributed by atoms with Gasteiger partial charge in [0.15, 0.2) is 5.11 Å². The van der Waals surface area contributed by atoms with Crippen molar-refractivity contribution in [3.05, 3.63) is 41.1 Å². The fraction of sp³-hybridized carbons (Fsp3) is 0.412. The van der Waals surface area contributed by atoms with Crippen LogP contribution in [-0.4, -0.2) is 23.9 Å². The molecule has 4 nitrogen and oxygen atoms in total. The Labute approximate surface area is 147 Å². The Morgan fingerprint density at radius 2 is 2.00 bits per heavy atom. The van der Waals surface area contributed by atoms with E-state index < -0.39 is 0 Å². The fourth-order valence-corrected chi connectivity index (χ4v) is 3.01. The van der Waals surface area contributed by atoms with Crippen LogP contribution in [0.1, 0.15) is 32.4 Å². The monoisotopic (exact) mass is 350 g/mol. The van der Waals surface area contributed by atoms with Gasteiger partial charge >= 0.3 is 5.97 Å². The number of benzene rings is 1. The lowest BCUT2D eigenvalue weighted by Gasteiger charge is -2.30. The molecule has 0 spiro atoms. The number of hydrogen-bond donors (Lipinski definition) is 2. The number of rotatable bonds is 5. The van der Waals surface area contributed by atoms with E-state index in [4.69, 9.17) is 17.0 Å². The molecule has 2 rings (SSSR count). The van der Waals surface area contributed by atoms with E-state index in [2.05, 4.69) is 10.6 Å². The second-order valence-corrected chi connectivity index (χ2v) is 7.12. The number of thiocarbonyl (C=S) groups is 1. The molecule has 1 atom stereocenters. The zero-order chi connectivity index (χ0) is 17.0. The van der Waals surface area contributed by atoms with E-state index in [0.717, 1.165) is 11.3 Å². The molecule has 1 heterocycles. The molecule has 0 saturated heterocycles. The molecule has 0 saturated carbocycles. The molecule has 0 amide bonds. The minimum Gasteiger partial charge on any atom is -0.462 e. The predicted molar refractivity (Wildman–Crippen MR) is 98.3 cm³/mol. The van der Waals surface area contributed by atoms with E-state index in [9.17, 15) is 4.79 Å². The third-order valence-electron chi connectivity index (χ3n) is 3.49. The maximum absolute atomic E-state index is 12.5. The van der Waals surface area contributed by atoms with E-state index in [0.29, 0.717) is 23.2 Å². The lowest BCUT2D eigenvalue weighted by Crippen LogP contribution is -2.45. The van der Waals surface area contributed by atoms with E-state index in [-0.39, 0.29) is 12.0 Å². The molecule has 1 aromatic carbocycles. The second-order valence-electron chi connectivity index (χ2n) is 5.84. The summed E-state index contributed by atoms with van der Waals surface area (Å²) in [6, 6.07) is 7.82. The van der Waals surface area contributed by atoms with Gasteiger partial charge in [0.2, 0.25) is 0 Å². The number of ether oxygens (including phenoxy) is 1. The maximum Gasteiger partial charge on any atom is 0.338 e. The van der Waals surface area contributed by atoms with Crippen LogP contribution in [0.4, 0.5) is 0 Å². The Hall–Kier alpha value is -1.53.